The van der Waals surface area contributed by atoms with Crippen LogP contribution in [-0.4, -0.2) is 16.9 Å². The maximum absolute atomic E-state index is 7.48. The van der Waals surface area contributed by atoms with E-state index in [0.29, 0.717) is 11.7 Å². The van der Waals surface area contributed by atoms with Crippen LogP contribution in [0, 0.1) is 5.41 Å². The number of nitrogen functional groups attached to an aromatic ring is 1. The van der Waals surface area contributed by atoms with Crippen LogP contribution >= 0.6 is 11.3 Å². The molecule has 0 atom stereocenters. The van der Waals surface area contributed by atoms with Crippen LogP contribution in [0.25, 0.3) is 0 Å². The van der Waals surface area contributed by atoms with Gasteiger partial charge in [0.25, 0.3) is 0 Å². The fourth-order valence-corrected chi connectivity index (χ4v) is 2.59. The van der Waals surface area contributed by atoms with E-state index in [1.165, 1.54) is 4.88 Å². The monoisotopic (exact) mass is 274 g/mol. The molecule has 0 saturated carbocycles. The van der Waals surface area contributed by atoms with Gasteiger partial charge in [-0.2, -0.15) is 0 Å². The lowest BCUT2D eigenvalue weighted by molar-refractivity contribution is 0.686. The minimum Gasteiger partial charge on any atom is -0.382 e. The van der Waals surface area contributed by atoms with E-state index in [4.69, 9.17) is 11.1 Å². The molecular formula is C14H18N4S. The Morgan fingerprint density at radius 3 is 2.84 bits per heavy atom. The molecule has 0 spiro atoms. The summed E-state index contributed by atoms with van der Waals surface area (Å²) in [7, 11) is 0. The standard InChI is InChI=1S/C14H18N4S/c1-10(2)18(9-12-4-3-7-19-12)11-5-6-17-13(8-11)14(15)16/h3-8,10H,9H2,1-2H3,(H3,15,16). The topological polar surface area (TPSA) is 66.0 Å². The zero-order valence-electron chi connectivity index (χ0n) is 11.1. The molecule has 5 heteroatoms. The van der Waals surface area contributed by atoms with Crippen molar-refractivity contribution in [3.8, 4) is 0 Å². The van der Waals surface area contributed by atoms with Gasteiger partial charge in [-0.05, 0) is 37.4 Å². The molecule has 100 valence electrons. The summed E-state index contributed by atoms with van der Waals surface area (Å²) in [5, 5.41) is 9.56. The number of pyridine rings is 1. The first-order chi connectivity index (χ1) is 9.08. The van der Waals surface area contributed by atoms with Gasteiger partial charge in [0.1, 0.15) is 11.5 Å². The van der Waals surface area contributed by atoms with Gasteiger partial charge in [-0.3, -0.25) is 10.4 Å². The van der Waals surface area contributed by atoms with E-state index >= 15 is 0 Å². The number of nitrogens with two attached hydrogens (primary N) is 1. The van der Waals surface area contributed by atoms with Crippen molar-refractivity contribution in [1.82, 2.24) is 4.98 Å². The molecule has 0 saturated heterocycles. The van der Waals surface area contributed by atoms with Crippen molar-refractivity contribution in [2.45, 2.75) is 26.4 Å². The molecule has 0 bridgehead atoms. The Balaban J connectivity index is 2.28. The van der Waals surface area contributed by atoms with Crippen LogP contribution in [0.1, 0.15) is 24.4 Å². The van der Waals surface area contributed by atoms with Crippen LogP contribution in [-0.2, 0) is 6.54 Å². The molecule has 0 fully saturated rings. The molecule has 0 aliphatic rings. The Hall–Kier alpha value is -1.88. The molecule has 0 aliphatic carbocycles. The Labute approximate surface area is 117 Å². The maximum Gasteiger partial charge on any atom is 0.141 e. The van der Waals surface area contributed by atoms with E-state index in [9.17, 15) is 0 Å². The first-order valence-electron chi connectivity index (χ1n) is 6.17. The van der Waals surface area contributed by atoms with Gasteiger partial charge in [0.15, 0.2) is 0 Å². The second kappa shape index (κ2) is 5.84. The number of rotatable bonds is 5. The van der Waals surface area contributed by atoms with Crippen LogP contribution in [0.15, 0.2) is 35.8 Å². The number of nitrogens with one attached hydrogen (secondary N) is 1. The van der Waals surface area contributed by atoms with Gasteiger partial charge in [-0.15, -0.1) is 11.3 Å². The van der Waals surface area contributed by atoms with Crippen LogP contribution in [0.2, 0.25) is 0 Å². The Morgan fingerprint density at radius 2 is 2.26 bits per heavy atom. The second-order valence-corrected chi connectivity index (χ2v) is 5.65. The third-order valence-corrected chi connectivity index (χ3v) is 3.74. The summed E-state index contributed by atoms with van der Waals surface area (Å²) in [5.41, 5.74) is 7.07. The first kappa shape index (κ1) is 13.5. The van der Waals surface area contributed by atoms with Gasteiger partial charge < -0.3 is 10.6 Å². The van der Waals surface area contributed by atoms with Crippen LogP contribution in [0.3, 0.4) is 0 Å². The van der Waals surface area contributed by atoms with E-state index in [1.807, 2.05) is 12.1 Å². The number of nitrogens with zero attached hydrogens (tertiary/aromatic N) is 2. The van der Waals surface area contributed by atoms with Crippen LogP contribution in [0.4, 0.5) is 5.69 Å². The first-order valence-corrected chi connectivity index (χ1v) is 7.05. The highest BCUT2D eigenvalue weighted by atomic mass is 32.1. The molecule has 0 unspecified atom stereocenters. The number of hydrogen-bond donors (Lipinski definition) is 2. The lowest BCUT2D eigenvalue weighted by Gasteiger charge is -2.28. The lowest BCUT2D eigenvalue weighted by Crippen LogP contribution is -2.30. The Kier molecular flexibility index (Phi) is 4.16. The largest absolute Gasteiger partial charge is 0.382 e. The van der Waals surface area contributed by atoms with E-state index in [2.05, 4.69) is 41.2 Å². The van der Waals surface area contributed by atoms with Crippen molar-refractivity contribution < 1.29 is 0 Å². The van der Waals surface area contributed by atoms with Gasteiger partial charge in [-0.1, -0.05) is 6.07 Å². The van der Waals surface area contributed by atoms with Crippen LogP contribution < -0.4 is 10.6 Å². The molecule has 0 aliphatic heterocycles. The van der Waals surface area contributed by atoms with Crippen molar-refractivity contribution in [2.75, 3.05) is 4.90 Å². The molecule has 2 heterocycles. The van der Waals surface area contributed by atoms with Crippen LogP contribution in [0.5, 0.6) is 0 Å². The highest BCUT2D eigenvalue weighted by Gasteiger charge is 2.13. The predicted molar refractivity (Wildman–Crippen MR) is 80.9 cm³/mol. The molecule has 19 heavy (non-hydrogen) atoms. The molecule has 2 aromatic rings. The number of hydrogen-bond acceptors (Lipinski definition) is 4. The summed E-state index contributed by atoms with van der Waals surface area (Å²) < 4.78 is 0. The molecule has 2 rings (SSSR count). The van der Waals surface area contributed by atoms with Crippen molar-refractivity contribution in [2.24, 2.45) is 5.73 Å². The quantitative estimate of drug-likeness (QED) is 0.651. The van der Waals surface area contributed by atoms with Gasteiger partial charge in [0, 0.05) is 22.8 Å². The highest BCUT2D eigenvalue weighted by molar-refractivity contribution is 7.09. The molecular weight excluding hydrogens is 256 g/mol. The van der Waals surface area contributed by atoms with Crippen molar-refractivity contribution >= 4 is 22.9 Å². The normalized spacial score (nSPS) is 10.7. The zero-order valence-corrected chi connectivity index (χ0v) is 11.9. The number of amidine groups is 1. The van der Waals surface area contributed by atoms with Crippen molar-refractivity contribution in [1.29, 1.82) is 5.41 Å². The SMILES string of the molecule is CC(C)N(Cc1cccs1)c1ccnc(C(=N)N)c1. The maximum atomic E-state index is 7.48. The molecule has 4 nitrogen and oxygen atoms in total. The Bertz CT molecular complexity index is 548. The van der Waals surface area contributed by atoms with Gasteiger partial charge in [0.2, 0.25) is 0 Å². The minimum atomic E-state index is 0.00156. The second-order valence-electron chi connectivity index (χ2n) is 4.61. The number of thiophene rings is 1. The molecule has 0 amide bonds. The third-order valence-electron chi connectivity index (χ3n) is 2.88. The fraction of sp³-hybridized carbons (Fsp3) is 0.286. The van der Waals surface area contributed by atoms with Gasteiger partial charge >= 0.3 is 0 Å². The summed E-state index contributed by atoms with van der Waals surface area (Å²) in [4.78, 5) is 7.70. The fourth-order valence-electron chi connectivity index (χ4n) is 1.89. The molecule has 0 radical (unpaired) electrons. The predicted octanol–water partition coefficient (Wildman–Crippen LogP) is 2.84. The Morgan fingerprint density at radius 1 is 1.47 bits per heavy atom. The number of anilines is 1. The summed E-state index contributed by atoms with van der Waals surface area (Å²) in [6.45, 7) is 5.17. The number of aromatic nitrogens is 1. The van der Waals surface area contributed by atoms with Gasteiger partial charge in [-0.25, -0.2) is 0 Å². The van der Waals surface area contributed by atoms with E-state index in [-0.39, 0.29) is 5.84 Å². The summed E-state index contributed by atoms with van der Waals surface area (Å²) in [6.07, 6.45) is 1.70. The summed E-state index contributed by atoms with van der Waals surface area (Å²) in [5.74, 6) is 0.00156. The van der Waals surface area contributed by atoms with Crippen molar-refractivity contribution in [3.05, 3.63) is 46.4 Å². The van der Waals surface area contributed by atoms with Gasteiger partial charge in [0.05, 0.1) is 6.54 Å². The summed E-state index contributed by atoms with van der Waals surface area (Å²) >= 11 is 1.75. The lowest BCUT2D eigenvalue weighted by atomic mass is 10.2. The summed E-state index contributed by atoms with van der Waals surface area (Å²) in [6, 6.07) is 8.39. The average Bonchev–Trinajstić information content (AvgIpc) is 2.88. The molecule has 0 aromatic carbocycles. The minimum absolute atomic E-state index is 0.00156. The van der Waals surface area contributed by atoms with E-state index in [0.717, 1.165) is 12.2 Å². The molecule has 3 N–H and O–H groups in total. The van der Waals surface area contributed by atoms with Crippen molar-refractivity contribution in [3.63, 3.8) is 0 Å². The smallest absolute Gasteiger partial charge is 0.141 e. The average molecular weight is 274 g/mol. The third kappa shape index (κ3) is 3.32. The molecule has 2 aromatic heterocycles. The highest BCUT2D eigenvalue weighted by Crippen LogP contribution is 2.22. The van der Waals surface area contributed by atoms with E-state index < -0.39 is 0 Å². The zero-order chi connectivity index (χ0) is 13.8. The van der Waals surface area contributed by atoms with E-state index in [1.54, 1.807) is 17.5 Å².